The van der Waals surface area contributed by atoms with Gasteiger partial charge in [0.15, 0.2) is 11.4 Å². The molecule has 2 fully saturated rings. The standard InChI is InChI=1S/C21H18F3N3O4S/c22-9-3-14(23)12(15(24)4-9)6-25-20(30)13-7-26-8-16-27(10-1-2-11(5-10)32-16)21(31)17(26)19(29)18(13)28/h3-4,7,10-11,16,29H,1-2,5-6,8H2,(H,25,30)/t10-,11+,16?/m0/s1. The molecular formula is C21H18F3N3O4S. The molecule has 1 aliphatic carbocycles. The van der Waals surface area contributed by atoms with E-state index in [-0.39, 0.29) is 17.1 Å². The van der Waals surface area contributed by atoms with Crippen LogP contribution < -0.4 is 10.7 Å². The van der Waals surface area contributed by atoms with Gasteiger partial charge in [0.1, 0.15) is 23.0 Å². The van der Waals surface area contributed by atoms with Gasteiger partial charge < -0.3 is 19.9 Å². The molecule has 168 valence electrons. The highest BCUT2D eigenvalue weighted by Crippen LogP contribution is 2.46. The molecule has 0 spiro atoms. The maximum absolute atomic E-state index is 13.8. The van der Waals surface area contributed by atoms with E-state index in [1.165, 1.54) is 10.8 Å². The van der Waals surface area contributed by atoms with Gasteiger partial charge >= 0.3 is 0 Å². The minimum atomic E-state index is -1.18. The molecular weight excluding hydrogens is 447 g/mol. The van der Waals surface area contributed by atoms with E-state index in [0.717, 1.165) is 19.3 Å². The second-order valence-corrected chi connectivity index (χ2v) is 9.63. The summed E-state index contributed by atoms with van der Waals surface area (Å²) in [5, 5.41) is 13.0. The molecule has 1 aromatic carbocycles. The van der Waals surface area contributed by atoms with Crippen molar-refractivity contribution in [2.24, 2.45) is 0 Å². The van der Waals surface area contributed by atoms with E-state index in [1.807, 2.05) is 0 Å². The van der Waals surface area contributed by atoms with Crippen LogP contribution in [0, 0.1) is 17.5 Å². The monoisotopic (exact) mass is 465 g/mol. The Morgan fingerprint density at radius 1 is 1.19 bits per heavy atom. The van der Waals surface area contributed by atoms with E-state index in [0.29, 0.717) is 23.9 Å². The van der Waals surface area contributed by atoms with Crippen molar-refractivity contribution in [3.8, 4) is 5.75 Å². The number of carbonyl (C=O) groups excluding carboxylic acids is 2. The number of hydrogen-bond acceptors (Lipinski definition) is 5. The van der Waals surface area contributed by atoms with Crippen molar-refractivity contribution >= 4 is 23.6 Å². The van der Waals surface area contributed by atoms with Gasteiger partial charge in [0.2, 0.25) is 5.43 Å². The van der Waals surface area contributed by atoms with E-state index in [9.17, 15) is 32.7 Å². The molecule has 3 atom stereocenters. The molecule has 5 rings (SSSR count). The SMILES string of the molecule is O=C(NCc1c(F)cc(F)cc1F)c1cn2c(c(O)c1=O)C(=O)N1C(C2)S[C@@H]2CC[C@H]1C2. The van der Waals surface area contributed by atoms with Crippen LogP contribution in [0.5, 0.6) is 5.75 Å². The van der Waals surface area contributed by atoms with Gasteiger partial charge in [0.25, 0.3) is 11.8 Å². The summed E-state index contributed by atoms with van der Waals surface area (Å²) >= 11 is 1.67. The summed E-state index contributed by atoms with van der Waals surface area (Å²) in [5.74, 6) is -5.71. The number of amides is 2. The van der Waals surface area contributed by atoms with E-state index in [1.54, 1.807) is 16.7 Å². The van der Waals surface area contributed by atoms with Crippen LogP contribution in [0.1, 0.15) is 45.7 Å². The van der Waals surface area contributed by atoms with Gasteiger partial charge in [-0.2, -0.15) is 0 Å². The van der Waals surface area contributed by atoms with Gasteiger partial charge in [-0.25, -0.2) is 13.2 Å². The summed E-state index contributed by atoms with van der Waals surface area (Å²) in [5.41, 5.74) is -2.24. The van der Waals surface area contributed by atoms with Crippen LogP contribution in [0.2, 0.25) is 0 Å². The largest absolute Gasteiger partial charge is 0.503 e. The Bertz CT molecular complexity index is 1190. The summed E-state index contributed by atoms with van der Waals surface area (Å²) in [6.45, 7) is -0.332. The Balaban J connectivity index is 1.44. The molecule has 1 aromatic heterocycles. The number of nitrogens with zero attached hydrogens (tertiary/aromatic N) is 2. The van der Waals surface area contributed by atoms with Gasteiger partial charge in [-0.05, 0) is 19.3 Å². The lowest BCUT2D eigenvalue weighted by atomic mass is 10.1. The molecule has 2 N–H and O–H groups in total. The Morgan fingerprint density at radius 3 is 2.62 bits per heavy atom. The third kappa shape index (κ3) is 3.26. The molecule has 3 heterocycles. The quantitative estimate of drug-likeness (QED) is 0.726. The molecule has 2 amide bonds. The number of nitrogens with one attached hydrogen (secondary N) is 1. The average Bonchev–Trinajstić information content (AvgIpc) is 3.10. The average molecular weight is 465 g/mol. The van der Waals surface area contributed by atoms with Crippen molar-refractivity contribution in [2.75, 3.05) is 0 Å². The number of fused-ring (bicyclic) bond motifs is 5. The number of pyridine rings is 1. The Kier molecular flexibility index (Phi) is 4.95. The third-order valence-electron chi connectivity index (χ3n) is 6.23. The fourth-order valence-electron chi connectivity index (χ4n) is 4.72. The first-order valence-electron chi connectivity index (χ1n) is 10.1. The summed E-state index contributed by atoms with van der Waals surface area (Å²) in [6.07, 6.45) is 3.95. The van der Waals surface area contributed by atoms with Crippen LogP contribution in [0.4, 0.5) is 13.2 Å². The lowest BCUT2D eigenvalue weighted by molar-refractivity contribution is 0.0568. The van der Waals surface area contributed by atoms with Crippen LogP contribution in [-0.2, 0) is 13.1 Å². The fourth-order valence-corrected chi connectivity index (χ4v) is 6.41. The number of thioether (sulfide) groups is 1. The van der Waals surface area contributed by atoms with Gasteiger partial charge in [-0.15, -0.1) is 11.8 Å². The molecule has 11 heteroatoms. The van der Waals surface area contributed by atoms with Crippen LogP contribution in [-0.4, -0.2) is 43.1 Å². The molecule has 32 heavy (non-hydrogen) atoms. The topological polar surface area (TPSA) is 91.6 Å². The minimum absolute atomic E-state index is 0.0745. The fraction of sp³-hybridized carbons (Fsp3) is 0.381. The minimum Gasteiger partial charge on any atom is -0.503 e. The Hall–Kier alpha value is -2.95. The smallest absolute Gasteiger partial charge is 0.275 e. The summed E-state index contributed by atoms with van der Waals surface area (Å²) in [7, 11) is 0. The van der Waals surface area contributed by atoms with Gasteiger partial charge in [-0.1, -0.05) is 0 Å². The molecule has 0 radical (unpaired) electrons. The molecule has 2 aliphatic heterocycles. The van der Waals surface area contributed by atoms with Gasteiger partial charge in [0.05, 0.1) is 11.9 Å². The molecule has 2 bridgehead atoms. The molecule has 3 aliphatic rings. The Morgan fingerprint density at radius 2 is 1.91 bits per heavy atom. The zero-order valence-electron chi connectivity index (χ0n) is 16.6. The summed E-state index contributed by atoms with van der Waals surface area (Å²) in [4.78, 5) is 40.0. The van der Waals surface area contributed by atoms with Crippen molar-refractivity contribution in [3.05, 3.63) is 62.8 Å². The number of rotatable bonds is 3. The third-order valence-corrected chi connectivity index (χ3v) is 7.74. The van der Waals surface area contributed by atoms with Crippen LogP contribution in [0.3, 0.4) is 0 Å². The molecule has 1 saturated heterocycles. The first-order chi connectivity index (χ1) is 15.2. The van der Waals surface area contributed by atoms with Crippen molar-refractivity contribution in [1.82, 2.24) is 14.8 Å². The highest BCUT2D eigenvalue weighted by atomic mass is 32.2. The highest BCUT2D eigenvalue weighted by molar-refractivity contribution is 8.00. The zero-order chi connectivity index (χ0) is 22.7. The molecule has 1 unspecified atom stereocenters. The first-order valence-corrected chi connectivity index (χ1v) is 11.0. The number of halogens is 3. The van der Waals surface area contributed by atoms with E-state index in [2.05, 4.69) is 5.32 Å². The summed E-state index contributed by atoms with van der Waals surface area (Å²) in [6, 6.07) is 1.04. The normalized spacial score (nSPS) is 23.7. The second-order valence-electron chi connectivity index (χ2n) is 8.14. The maximum atomic E-state index is 13.8. The number of hydrogen-bond donors (Lipinski definition) is 2. The predicted molar refractivity (Wildman–Crippen MR) is 109 cm³/mol. The predicted octanol–water partition coefficient (Wildman–Crippen LogP) is 2.35. The highest BCUT2D eigenvalue weighted by Gasteiger charge is 2.47. The van der Waals surface area contributed by atoms with Gasteiger partial charge in [-0.3, -0.25) is 14.4 Å². The second kappa shape index (κ2) is 7.58. The van der Waals surface area contributed by atoms with Crippen molar-refractivity contribution in [3.63, 3.8) is 0 Å². The van der Waals surface area contributed by atoms with E-state index in [4.69, 9.17) is 0 Å². The van der Waals surface area contributed by atoms with Crippen molar-refractivity contribution in [1.29, 1.82) is 0 Å². The maximum Gasteiger partial charge on any atom is 0.275 e. The number of aromatic nitrogens is 1. The van der Waals surface area contributed by atoms with Crippen molar-refractivity contribution in [2.45, 2.75) is 49.0 Å². The molecule has 1 saturated carbocycles. The van der Waals surface area contributed by atoms with Crippen LogP contribution >= 0.6 is 11.8 Å². The molecule has 2 aromatic rings. The molecule has 7 nitrogen and oxygen atoms in total. The lowest BCUT2D eigenvalue weighted by Crippen LogP contribution is -2.54. The van der Waals surface area contributed by atoms with Gasteiger partial charge in [0, 0.05) is 41.7 Å². The zero-order valence-corrected chi connectivity index (χ0v) is 17.4. The van der Waals surface area contributed by atoms with Crippen LogP contribution in [0.15, 0.2) is 23.1 Å². The van der Waals surface area contributed by atoms with Crippen LogP contribution in [0.25, 0.3) is 0 Å². The first kappa shape index (κ1) is 20.9. The summed E-state index contributed by atoms with van der Waals surface area (Å²) < 4.78 is 42.1. The Labute approximate surface area is 184 Å². The number of aromatic hydroxyl groups is 1. The lowest BCUT2D eigenvalue weighted by Gasteiger charge is -2.44. The van der Waals surface area contributed by atoms with E-state index >= 15 is 0 Å². The van der Waals surface area contributed by atoms with Crippen molar-refractivity contribution < 1.29 is 27.9 Å². The number of benzene rings is 1. The number of carbonyl (C=O) groups is 2. The van der Waals surface area contributed by atoms with E-state index < -0.39 is 58.1 Å².